The average Bonchev–Trinajstić information content (AvgIpc) is 3.47. The summed E-state index contributed by atoms with van der Waals surface area (Å²) in [5.41, 5.74) is 6.74. The van der Waals surface area contributed by atoms with Crippen molar-refractivity contribution in [1.82, 2.24) is 14.9 Å². The van der Waals surface area contributed by atoms with Crippen molar-refractivity contribution < 1.29 is 18.0 Å². The maximum atomic E-state index is 14.1. The number of halogens is 1. The van der Waals surface area contributed by atoms with Crippen LogP contribution < -0.4 is 15.8 Å². The smallest absolute Gasteiger partial charge is 0.245 e. The van der Waals surface area contributed by atoms with Crippen LogP contribution >= 0.6 is 12.4 Å². The molecule has 1 atom stereocenters. The van der Waals surface area contributed by atoms with Crippen molar-refractivity contribution in [2.24, 2.45) is 5.73 Å². The predicted octanol–water partition coefficient (Wildman–Crippen LogP) is 4.16. The van der Waals surface area contributed by atoms with Crippen LogP contribution in [0.1, 0.15) is 70.4 Å². The fraction of sp³-hybridized carbons (Fsp3) is 0.484. The molecule has 2 aliphatic rings. The zero-order valence-electron chi connectivity index (χ0n) is 24.2. The van der Waals surface area contributed by atoms with E-state index >= 15 is 0 Å². The van der Waals surface area contributed by atoms with E-state index in [1.165, 1.54) is 0 Å². The summed E-state index contributed by atoms with van der Waals surface area (Å²) in [4.78, 5) is 28.9. The van der Waals surface area contributed by atoms with Crippen molar-refractivity contribution in [3.63, 3.8) is 0 Å². The summed E-state index contributed by atoms with van der Waals surface area (Å²) in [7, 11) is -3.76. The van der Waals surface area contributed by atoms with Gasteiger partial charge in [0.15, 0.2) is 0 Å². The minimum Gasteiger partial charge on any atom is -0.343 e. The highest BCUT2D eigenvalue weighted by Gasteiger charge is 2.50. The lowest BCUT2D eigenvalue weighted by atomic mass is 9.86. The molecule has 1 saturated carbocycles. The quantitative estimate of drug-likeness (QED) is 0.357. The molecule has 224 valence electrons. The SMILES string of the molecule is CCN(CC1=C(c2ccccc2)S(=O)(=O)NC12CCCC2)C(=O)[C@@H](CCCc1ccccc1)NC(=O)C(C)(C)N.Cl. The first kappa shape index (κ1) is 32.8. The number of amides is 2. The van der Waals surface area contributed by atoms with Crippen molar-refractivity contribution in [1.29, 1.82) is 0 Å². The summed E-state index contributed by atoms with van der Waals surface area (Å²) in [6.07, 6.45) is 5.13. The molecule has 0 bridgehead atoms. The first-order valence-corrected chi connectivity index (χ1v) is 15.7. The van der Waals surface area contributed by atoms with Crippen LogP contribution in [0.2, 0.25) is 0 Å². The van der Waals surface area contributed by atoms with Gasteiger partial charge in [-0.3, -0.25) is 9.59 Å². The number of carbonyl (C=O) groups is 2. The molecule has 8 nitrogen and oxygen atoms in total. The molecule has 0 saturated heterocycles. The Kier molecular flexibility index (Phi) is 10.8. The van der Waals surface area contributed by atoms with E-state index in [0.29, 0.717) is 37.8 Å². The number of hydrogen-bond acceptors (Lipinski definition) is 5. The Morgan fingerprint density at radius 1 is 1.05 bits per heavy atom. The van der Waals surface area contributed by atoms with E-state index in [-0.39, 0.29) is 29.8 Å². The Bertz CT molecular complexity index is 1340. The minimum atomic E-state index is -3.76. The summed E-state index contributed by atoms with van der Waals surface area (Å²) >= 11 is 0. The van der Waals surface area contributed by atoms with Crippen LogP contribution in [-0.4, -0.2) is 55.3 Å². The summed E-state index contributed by atoms with van der Waals surface area (Å²) in [5.74, 6) is -0.631. The summed E-state index contributed by atoms with van der Waals surface area (Å²) < 4.78 is 30.0. The molecule has 2 amide bonds. The Labute approximate surface area is 250 Å². The molecule has 1 fully saturated rings. The van der Waals surface area contributed by atoms with E-state index < -0.39 is 33.1 Å². The first-order chi connectivity index (χ1) is 19.0. The van der Waals surface area contributed by atoms with Gasteiger partial charge in [-0.15, -0.1) is 12.4 Å². The van der Waals surface area contributed by atoms with E-state index in [2.05, 4.69) is 10.0 Å². The van der Waals surface area contributed by atoms with Crippen molar-refractivity contribution in [2.75, 3.05) is 13.1 Å². The third kappa shape index (κ3) is 7.57. The first-order valence-electron chi connectivity index (χ1n) is 14.2. The van der Waals surface area contributed by atoms with Gasteiger partial charge in [0.2, 0.25) is 21.8 Å². The van der Waals surface area contributed by atoms with Gasteiger partial charge in [0.05, 0.1) is 16.0 Å². The third-order valence-corrected chi connectivity index (χ3v) is 9.65. The van der Waals surface area contributed by atoms with Crippen LogP contribution in [0.25, 0.3) is 4.91 Å². The molecule has 10 heteroatoms. The van der Waals surface area contributed by atoms with Gasteiger partial charge in [-0.25, -0.2) is 13.1 Å². The number of carbonyl (C=O) groups excluding carboxylic acids is 2. The van der Waals surface area contributed by atoms with E-state index in [1.54, 1.807) is 30.9 Å². The largest absolute Gasteiger partial charge is 0.343 e. The zero-order chi connectivity index (χ0) is 29.0. The molecule has 0 aromatic heterocycles. The second-order valence-electron chi connectivity index (χ2n) is 11.5. The molecule has 0 radical (unpaired) electrons. The Hall–Kier alpha value is -2.72. The van der Waals surface area contributed by atoms with Gasteiger partial charge in [0, 0.05) is 13.1 Å². The van der Waals surface area contributed by atoms with Gasteiger partial charge in [0.1, 0.15) is 6.04 Å². The number of hydrogen-bond donors (Lipinski definition) is 3. The predicted molar refractivity (Wildman–Crippen MR) is 166 cm³/mol. The number of sulfonamides is 1. The van der Waals surface area contributed by atoms with Crippen LogP contribution in [-0.2, 0) is 26.0 Å². The second kappa shape index (κ2) is 13.5. The second-order valence-corrected chi connectivity index (χ2v) is 13.2. The third-order valence-electron chi connectivity index (χ3n) is 7.98. The van der Waals surface area contributed by atoms with Crippen LogP contribution in [0.3, 0.4) is 0 Å². The van der Waals surface area contributed by atoms with Crippen molar-refractivity contribution >= 4 is 39.1 Å². The maximum Gasteiger partial charge on any atom is 0.245 e. The molecule has 41 heavy (non-hydrogen) atoms. The Balaban J connectivity index is 0.00000462. The number of likely N-dealkylation sites (N-methyl/N-ethyl adjacent to an activating group) is 1. The average molecular weight is 603 g/mol. The highest BCUT2D eigenvalue weighted by atomic mass is 35.5. The molecule has 2 aromatic carbocycles. The van der Waals surface area contributed by atoms with Gasteiger partial charge >= 0.3 is 0 Å². The van der Waals surface area contributed by atoms with Gasteiger partial charge < -0.3 is 16.0 Å². The highest BCUT2D eigenvalue weighted by Crippen LogP contribution is 2.46. The lowest BCUT2D eigenvalue weighted by molar-refractivity contribution is -0.137. The summed E-state index contributed by atoms with van der Waals surface area (Å²) in [6.45, 7) is 5.65. The number of benzene rings is 2. The number of rotatable bonds is 11. The number of nitrogens with zero attached hydrogens (tertiary/aromatic N) is 1. The minimum absolute atomic E-state index is 0. The lowest BCUT2D eigenvalue weighted by Gasteiger charge is -2.33. The van der Waals surface area contributed by atoms with Crippen LogP contribution in [0.4, 0.5) is 0 Å². The zero-order valence-corrected chi connectivity index (χ0v) is 25.8. The molecule has 4 rings (SSSR count). The van der Waals surface area contributed by atoms with Gasteiger partial charge in [-0.1, -0.05) is 73.5 Å². The van der Waals surface area contributed by atoms with E-state index in [1.807, 2.05) is 55.5 Å². The molecule has 1 spiro atoms. The number of nitrogens with two attached hydrogens (primary N) is 1. The van der Waals surface area contributed by atoms with Crippen LogP contribution in [0.15, 0.2) is 66.2 Å². The van der Waals surface area contributed by atoms with E-state index in [4.69, 9.17) is 5.73 Å². The molecule has 1 aliphatic heterocycles. The van der Waals surface area contributed by atoms with E-state index in [0.717, 1.165) is 30.4 Å². The molecule has 0 unspecified atom stereocenters. The van der Waals surface area contributed by atoms with Gasteiger partial charge in [-0.2, -0.15) is 0 Å². The molecule has 2 aromatic rings. The molecular formula is C31H43ClN4O4S. The fourth-order valence-electron chi connectivity index (χ4n) is 5.79. The van der Waals surface area contributed by atoms with Crippen LogP contribution in [0, 0.1) is 0 Å². The Morgan fingerprint density at radius 3 is 2.20 bits per heavy atom. The van der Waals surface area contributed by atoms with Gasteiger partial charge in [-0.05, 0) is 69.6 Å². The standard InChI is InChI=1S/C31H42N4O4S.ClH/c1-4-35(28(36)26(33-29(37)30(2,3)32)19-13-16-23-14-7-5-8-15-23)22-25-27(24-17-9-6-10-18-24)40(38,39)34-31(25)20-11-12-21-31;/h5-10,14-15,17-18,26,34H,4,11-13,16,19-22,32H2,1-3H3,(H,33,37);1H/t26-;/m1./s1. The topological polar surface area (TPSA) is 122 Å². The van der Waals surface area contributed by atoms with Gasteiger partial charge in [0.25, 0.3) is 0 Å². The monoisotopic (exact) mass is 602 g/mol. The molecule has 4 N–H and O–H groups in total. The summed E-state index contributed by atoms with van der Waals surface area (Å²) in [6, 6.07) is 18.4. The fourth-order valence-corrected chi connectivity index (χ4v) is 7.76. The van der Waals surface area contributed by atoms with Crippen molar-refractivity contribution in [3.8, 4) is 0 Å². The lowest BCUT2D eigenvalue weighted by Crippen LogP contribution is -2.57. The van der Waals surface area contributed by atoms with Crippen LogP contribution in [0.5, 0.6) is 0 Å². The van der Waals surface area contributed by atoms with E-state index in [9.17, 15) is 18.0 Å². The maximum absolute atomic E-state index is 14.1. The molecule has 1 heterocycles. The normalized spacial score (nSPS) is 18.1. The number of nitrogens with one attached hydrogen (secondary N) is 2. The van der Waals surface area contributed by atoms with Crippen molar-refractivity contribution in [3.05, 3.63) is 77.4 Å². The Morgan fingerprint density at radius 2 is 1.63 bits per heavy atom. The summed E-state index contributed by atoms with van der Waals surface area (Å²) in [5, 5.41) is 2.90. The van der Waals surface area contributed by atoms with Crippen molar-refractivity contribution in [2.45, 2.75) is 82.8 Å². The number of aryl methyl sites for hydroxylation is 1. The molecule has 1 aliphatic carbocycles. The molecular weight excluding hydrogens is 560 g/mol. The highest BCUT2D eigenvalue weighted by molar-refractivity contribution is 7.99.